The average Bonchev–Trinajstić information content (AvgIpc) is 2.84. The lowest BCUT2D eigenvalue weighted by molar-refractivity contribution is -0.153. The molecule has 6 nitrogen and oxygen atoms in total. The number of β-lactam (4-membered cyclic amide) rings is 1. The number of likely N-dealkylation sites (tertiary alicyclic amines) is 1. The second kappa shape index (κ2) is 10.1. The first-order chi connectivity index (χ1) is 16.0. The number of esters is 1. The minimum Gasteiger partial charge on any atom is -0.489 e. The van der Waals surface area contributed by atoms with E-state index >= 15 is 0 Å². The van der Waals surface area contributed by atoms with Gasteiger partial charge in [-0.15, -0.1) is 0 Å². The minimum atomic E-state index is -0.577. The van der Waals surface area contributed by atoms with Gasteiger partial charge in [0.25, 0.3) is 0 Å². The second-order valence-corrected chi connectivity index (χ2v) is 8.04. The van der Waals surface area contributed by atoms with Gasteiger partial charge in [-0.05, 0) is 35.7 Å². The van der Waals surface area contributed by atoms with Gasteiger partial charge in [0.15, 0.2) is 0 Å². The van der Waals surface area contributed by atoms with Crippen LogP contribution in [0.15, 0.2) is 78.9 Å². The van der Waals surface area contributed by atoms with E-state index in [1.54, 1.807) is 23.1 Å². The summed E-state index contributed by atoms with van der Waals surface area (Å²) in [4.78, 5) is 38.4. The topological polar surface area (TPSA) is 72.9 Å². The fourth-order valence-electron chi connectivity index (χ4n) is 3.66. The van der Waals surface area contributed by atoms with Crippen LogP contribution in [0.5, 0.6) is 5.75 Å². The molecular weight excluding hydrogens is 418 g/mol. The van der Waals surface area contributed by atoms with Crippen LogP contribution < -0.4 is 4.74 Å². The number of ketones is 1. The molecule has 0 saturated carbocycles. The number of Topliss-reactive ketones (excluding diaryl/α,β-unsaturated/α-hetero) is 1. The van der Waals surface area contributed by atoms with Crippen molar-refractivity contribution in [2.75, 3.05) is 6.54 Å². The zero-order valence-electron chi connectivity index (χ0n) is 18.4. The molecule has 33 heavy (non-hydrogen) atoms. The van der Waals surface area contributed by atoms with E-state index in [1.807, 2.05) is 60.7 Å². The van der Waals surface area contributed by atoms with Crippen molar-refractivity contribution in [3.63, 3.8) is 0 Å². The van der Waals surface area contributed by atoms with Gasteiger partial charge in [0.05, 0.1) is 5.56 Å². The predicted molar refractivity (Wildman–Crippen MR) is 122 cm³/mol. The third-order valence-corrected chi connectivity index (χ3v) is 5.63. The highest BCUT2D eigenvalue weighted by molar-refractivity contribution is 6.04. The number of nitrogens with zero attached hydrogens (tertiary/aromatic N) is 1. The van der Waals surface area contributed by atoms with Crippen molar-refractivity contribution in [1.82, 2.24) is 4.90 Å². The van der Waals surface area contributed by atoms with E-state index in [0.29, 0.717) is 30.0 Å². The quantitative estimate of drug-likeness (QED) is 0.282. The van der Waals surface area contributed by atoms with Crippen molar-refractivity contribution < 1.29 is 23.9 Å². The van der Waals surface area contributed by atoms with E-state index in [2.05, 4.69) is 0 Å². The molecule has 1 aliphatic heterocycles. The Bertz CT molecular complexity index is 1140. The highest BCUT2D eigenvalue weighted by Crippen LogP contribution is 2.26. The van der Waals surface area contributed by atoms with Crippen molar-refractivity contribution in [1.29, 1.82) is 0 Å². The van der Waals surface area contributed by atoms with E-state index in [-0.39, 0.29) is 24.8 Å². The molecule has 4 rings (SSSR count). The molecule has 0 aromatic heterocycles. The summed E-state index contributed by atoms with van der Waals surface area (Å²) in [5.74, 6) is -0.883. The molecule has 1 heterocycles. The zero-order valence-corrected chi connectivity index (χ0v) is 18.4. The summed E-state index contributed by atoms with van der Waals surface area (Å²) in [6, 6.07) is 24.4. The summed E-state index contributed by atoms with van der Waals surface area (Å²) in [7, 11) is 0. The summed E-state index contributed by atoms with van der Waals surface area (Å²) in [6.45, 7) is 2.52. The molecule has 1 saturated heterocycles. The predicted octanol–water partition coefficient (Wildman–Crippen LogP) is 4.17. The van der Waals surface area contributed by atoms with E-state index in [1.165, 1.54) is 6.92 Å². The fourth-order valence-corrected chi connectivity index (χ4v) is 3.66. The lowest BCUT2D eigenvalue weighted by Gasteiger charge is -2.37. The Kier molecular flexibility index (Phi) is 6.83. The van der Waals surface area contributed by atoms with E-state index < -0.39 is 11.9 Å². The monoisotopic (exact) mass is 443 g/mol. The highest BCUT2D eigenvalue weighted by Gasteiger charge is 2.40. The van der Waals surface area contributed by atoms with Crippen molar-refractivity contribution in [2.45, 2.75) is 26.7 Å². The second-order valence-electron chi connectivity index (χ2n) is 8.04. The van der Waals surface area contributed by atoms with Gasteiger partial charge in [0, 0.05) is 13.1 Å². The first-order valence-corrected chi connectivity index (χ1v) is 10.8. The first-order valence-electron chi connectivity index (χ1n) is 10.8. The lowest BCUT2D eigenvalue weighted by atomic mass is 9.93. The summed E-state index contributed by atoms with van der Waals surface area (Å²) in [6.07, 6.45) is 0. The number of ether oxygens (including phenoxy) is 2. The number of carbonyl (C=O) groups excluding carboxylic acids is 3. The van der Waals surface area contributed by atoms with Crippen molar-refractivity contribution in [2.24, 2.45) is 5.92 Å². The number of benzene rings is 3. The fraction of sp³-hybridized carbons (Fsp3) is 0.222. The van der Waals surface area contributed by atoms with E-state index in [4.69, 9.17) is 9.47 Å². The summed E-state index contributed by atoms with van der Waals surface area (Å²) >= 11 is 0. The van der Waals surface area contributed by atoms with Gasteiger partial charge in [-0.1, -0.05) is 66.7 Å². The third kappa shape index (κ3) is 5.47. The Morgan fingerprint density at radius 3 is 2.15 bits per heavy atom. The number of amides is 1. The van der Waals surface area contributed by atoms with Gasteiger partial charge in [-0.2, -0.15) is 0 Å². The SMILES string of the molecule is CC(=O)C1CN(Cc2ccc(OCc3ccccc3)cc2C(=O)OCc2ccccc2)C1=O. The first kappa shape index (κ1) is 22.3. The van der Waals surface area contributed by atoms with E-state index in [0.717, 1.165) is 11.1 Å². The Labute approximate surface area is 192 Å². The maximum atomic E-state index is 13.0. The highest BCUT2D eigenvalue weighted by atomic mass is 16.5. The van der Waals surface area contributed by atoms with Crippen molar-refractivity contribution >= 4 is 17.7 Å². The molecule has 3 aromatic carbocycles. The van der Waals surface area contributed by atoms with Gasteiger partial charge < -0.3 is 14.4 Å². The van der Waals surface area contributed by atoms with Crippen LogP contribution in [0.2, 0.25) is 0 Å². The van der Waals surface area contributed by atoms with Gasteiger partial charge in [0.2, 0.25) is 5.91 Å². The molecule has 3 aromatic rings. The van der Waals surface area contributed by atoms with Gasteiger partial charge in [-0.25, -0.2) is 4.79 Å². The van der Waals surface area contributed by atoms with Crippen LogP contribution in [0.4, 0.5) is 0 Å². The van der Waals surface area contributed by atoms with Crippen molar-refractivity contribution in [3.05, 3.63) is 101 Å². The van der Waals surface area contributed by atoms with Crippen LogP contribution in [0.1, 0.15) is 34.0 Å². The van der Waals surface area contributed by atoms with Crippen LogP contribution in [-0.2, 0) is 34.1 Å². The van der Waals surface area contributed by atoms with Crippen LogP contribution in [0, 0.1) is 5.92 Å². The molecule has 0 N–H and O–H groups in total. The van der Waals surface area contributed by atoms with Crippen LogP contribution in [0.3, 0.4) is 0 Å². The molecule has 1 amide bonds. The molecule has 0 aliphatic carbocycles. The van der Waals surface area contributed by atoms with E-state index in [9.17, 15) is 14.4 Å². The Morgan fingerprint density at radius 2 is 1.55 bits per heavy atom. The molecule has 0 spiro atoms. The smallest absolute Gasteiger partial charge is 0.338 e. The Balaban J connectivity index is 1.50. The summed E-state index contributed by atoms with van der Waals surface area (Å²) < 4.78 is 11.4. The molecule has 1 unspecified atom stereocenters. The number of rotatable bonds is 9. The van der Waals surface area contributed by atoms with Crippen LogP contribution >= 0.6 is 0 Å². The molecule has 1 aliphatic rings. The van der Waals surface area contributed by atoms with Crippen LogP contribution in [0.25, 0.3) is 0 Å². The number of hydrogen-bond acceptors (Lipinski definition) is 5. The summed E-state index contributed by atoms with van der Waals surface area (Å²) in [5.41, 5.74) is 2.88. The largest absolute Gasteiger partial charge is 0.489 e. The van der Waals surface area contributed by atoms with Gasteiger partial charge in [-0.3, -0.25) is 9.59 Å². The maximum absolute atomic E-state index is 13.0. The molecule has 0 radical (unpaired) electrons. The zero-order chi connectivity index (χ0) is 23.2. The Morgan fingerprint density at radius 1 is 0.909 bits per heavy atom. The lowest BCUT2D eigenvalue weighted by Crippen LogP contribution is -2.54. The number of hydrogen-bond donors (Lipinski definition) is 0. The van der Waals surface area contributed by atoms with Crippen molar-refractivity contribution in [3.8, 4) is 5.75 Å². The average molecular weight is 443 g/mol. The van der Waals surface area contributed by atoms with Crippen LogP contribution in [-0.4, -0.2) is 29.1 Å². The molecule has 0 bridgehead atoms. The summed E-state index contributed by atoms with van der Waals surface area (Å²) in [5, 5.41) is 0. The Hall–Kier alpha value is -3.93. The molecule has 1 atom stereocenters. The minimum absolute atomic E-state index is 0.136. The molecule has 6 heteroatoms. The normalized spacial score (nSPS) is 15.0. The maximum Gasteiger partial charge on any atom is 0.338 e. The standard InChI is InChI=1S/C27H25NO5/c1-19(29)25-16-28(26(25)30)15-22-12-13-23(32-17-20-8-4-2-5-9-20)14-24(22)27(31)33-18-21-10-6-3-7-11-21/h2-14,25H,15-18H2,1H3. The third-order valence-electron chi connectivity index (χ3n) is 5.63. The molecule has 168 valence electrons. The molecule has 1 fully saturated rings. The molecular formula is C27H25NO5. The number of carbonyl (C=O) groups is 3. The van der Waals surface area contributed by atoms with Gasteiger partial charge >= 0.3 is 5.97 Å². The van der Waals surface area contributed by atoms with Gasteiger partial charge in [0.1, 0.15) is 30.7 Å².